The summed E-state index contributed by atoms with van der Waals surface area (Å²) in [5.41, 5.74) is 0.00850. The van der Waals surface area contributed by atoms with Crippen molar-refractivity contribution in [2.75, 3.05) is 6.54 Å². The molecule has 0 saturated heterocycles. The molecule has 0 aromatic heterocycles. The van der Waals surface area contributed by atoms with Crippen LogP contribution in [-0.4, -0.2) is 26.0 Å². The molecule has 0 radical (unpaired) electrons. The van der Waals surface area contributed by atoms with Crippen molar-refractivity contribution in [3.05, 3.63) is 28.2 Å². The van der Waals surface area contributed by atoms with Crippen LogP contribution in [0.2, 0.25) is 0 Å². The van der Waals surface area contributed by atoms with Crippen LogP contribution in [-0.2, 0) is 10.0 Å². The summed E-state index contributed by atoms with van der Waals surface area (Å²) < 4.78 is 26.2. The van der Waals surface area contributed by atoms with Crippen LogP contribution in [0.1, 0.15) is 17.3 Å². The van der Waals surface area contributed by atoms with Crippen molar-refractivity contribution in [1.29, 1.82) is 0 Å². The summed E-state index contributed by atoms with van der Waals surface area (Å²) in [5.74, 6) is 4.02. The van der Waals surface area contributed by atoms with Crippen molar-refractivity contribution >= 4 is 31.9 Å². The molecule has 0 aliphatic heterocycles. The molecule has 0 saturated carbocycles. The largest absolute Gasteiger partial charge is 0.478 e. The maximum absolute atomic E-state index is 11.9. The number of sulfonamides is 1. The quantitative estimate of drug-likeness (QED) is 0.818. The van der Waals surface area contributed by atoms with Crippen LogP contribution in [0.15, 0.2) is 27.6 Å². The molecule has 5 nitrogen and oxygen atoms in total. The molecule has 1 rings (SSSR count). The Morgan fingerprint density at radius 2 is 2.17 bits per heavy atom. The second-order valence-corrected chi connectivity index (χ2v) is 5.79. The molecule has 0 heterocycles. The normalized spacial score (nSPS) is 10.6. The lowest BCUT2D eigenvalue weighted by atomic mass is 10.2. The predicted molar refractivity (Wildman–Crippen MR) is 69.7 cm³/mol. The van der Waals surface area contributed by atoms with Crippen molar-refractivity contribution < 1.29 is 18.3 Å². The third-order valence-corrected chi connectivity index (χ3v) is 4.37. The van der Waals surface area contributed by atoms with E-state index in [4.69, 9.17) is 5.11 Å². The van der Waals surface area contributed by atoms with Crippen molar-refractivity contribution in [1.82, 2.24) is 4.72 Å². The van der Waals surface area contributed by atoms with Crippen LogP contribution in [0.3, 0.4) is 0 Å². The van der Waals surface area contributed by atoms with Gasteiger partial charge in [0, 0.05) is 4.47 Å². The van der Waals surface area contributed by atoms with Crippen LogP contribution in [0.5, 0.6) is 0 Å². The van der Waals surface area contributed by atoms with Gasteiger partial charge < -0.3 is 5.11 Å². The van der Waals surface area contributed by atoms with Crippen LogP contribution < -0.4 is 4.72 Å². The molecule has 1 aromatic rings. The zero-order valence-corrected chi connectivity index (χ0v) is 11.8. The van der Waals surface area contributed by atoms with Crippen molar-refractivity contribution in [3.63, 3.8) is 0 Å². The van der Waals surface area contributed by atoms with Gasteiger partial charge in [-0.05, 0) is 41.1 Å². The first-order valence-corrected chi connectivity index (χ1v) is 7.08. The van der Waals surface area contributed by atoms with Gasteiger partial charge >= 0.3 is 5.97 Å². The Morgan fingerprint density at radius 3 is 2.67 bits per heavy atom. The van der Waals surface area contributed by atoms with E-state index in [1.54, 1.807) is 6.92 Å². The maximum Gasteiger partial charge on any atom is 0.335 e. The molecule has 96 valence electrons. The molecule has 2 N–H and O–H groups in total. The Hall–Kier alpha value is -1.36. The smallest absolute Gasteiger partial charge is 0.335 e. The van der Waals surface area contributed by atoms with Crippen LogP contribution in [0.4, 0.5) is 0 Å². The number of aromatic carboxylic acids is 1. The van der Waals surface area contributed by atoms with E-state index in [1.165, 1.54) is 18.2 Å². The van der Waals surface area contributed by atoms with Gasteiger partial charge in [0.25, 0.3) is 0 Å². The molecule has 1 aromatic carbocycles. The Labute approximate surface area is 113 Å². The third kappa shape index (κ3) is 3.57. The topological polar surface area (TPSA) is 83.5 Å². The van der Waals surface area contributed by atoms with Gasteiger partial charge in [-0.15, -0.1) is 5.92 Å². The van der Waals surface area contributed by atoms with E-state index >= 15 is 0 Å². The number of carboxylic acid groups (broad SMARTS) is 1. The van der Waals surface area contributed by atoms with Gasteiger partial charge in [-0.2, -0.15) is 4.72 Å². The first kappa shape index (κ1) is 14.7. The van der Waals surface area contributed by atoms with Gasteiger partial charge in [0.1, 0.15) is 0 Å². The van der Waals surface area contributed by atoms with Crippen molar-refractivity contribution in [2.24, 2.45) is 0 Å². The highest BCUT2D eigenvalue weighted by molar-refractivity contribution is 9.10. The van der Waals surface area contributed by atoms with E-state index in [9.17, 15) is 13.2 Å². The number of nitrogens with one attached hydrogen (secondary N) is 1. The second-order valence-electron chi connectivity index (χ2n) is 3.20. The van der Waals surface area contributed by atoms with Gasteiger partial charge in [-0.25, -0.2) is 13.2 Å². The minimum Gasteiger partial charge on any atom is -0.478 e. The molecule has 18 heavy (non-hydrogen) atoms. The van der Waals surface area contributed by atoms with Gasteiger partial charge in [-0.3, -0.25) is 0 Å². The Morgan fingerprint density at radius 1 is 1.50 bits per heavy atom. The summed E-state index contributed by atoms with van der Waals surface area (Å²) in [7, 11) is -3.70. The average molecular weight is 332 g/mol. The number of carbonyl (C=O) groups is 1. The van der Waals surface area contributed by atoms with Crippen molar-refractivity contribution in [2.45, 2.75) is 11.8 Å². The van der Waals surface area contributed by atoms with Crippen molar-refractivity contribution in [3.8, 4) is 11.8 Å². The zero-order chi connectivity index (χ0) is 13.8. The number of carboxylic acids is 1. The number of hydrogen-bond donors (Lipinski definition) is 2. The van der Waals surface area contributed by atoms with Crippen LogP contribution >= 0.6 is 15.9 Å². The third-order valence-electron chi connectivity index (χ3n) is 2.00. The summed E-state index contributed by atoms with van der Waals surface area (Å²) >= 11 is 3.04. The lowest BCUT2D eigenvalue weighted by molar-refractivity contribution is 0.0696. The lowest BCUT2D eigenvalue weighted by Gasteiger charge is -2.07. The standard InChI is InChI=1S/C11H10BrNO4S/c1-2-3-6-13-18(16,17)10-5-4-8(11(14)15)7-9(10)12/h4-5,7,13H,6H2,1H3,(H,14,15). The summed E-state index contributed by atoms with van der Waals surface area (Å²) in [5, 5.41) is 8.77. The lowest BCUT2D eigenvalue weighted by Crippen LogP contribution is -2.24. The minimum atomic E-state index is -3.70. The Bertz CT molecular complexity index is 628. The molecular formula is C11H10BrNO4S. The first-order valence-electron chi connectivity index (χ1n) is 4.80. The van der Waals surface area contributed by atoms with Gasteiger partial charge in [0.05, 0.1) is 17.0 Å². The molecule has 7 heteroatoms. The van der Waals surface area contributed by atoms with E-state index in [-0.39, 0.29) is 21.5 Å². The number of halogens is 1. The van der Waals surface area contributed by atoms with Gasteiger partial charge in [-0.1, -0.05) is 5.92 Å². The fourth-order valence-corrected chi connectivity index (χ4v) is 3.15. The highest BCUT2D eigenvalue weighted by Crippen LogP contribution is 2.23. The van der Waals surface area contributed by atoms with E-state index in [0.717, 1.165) is 0 Å². The summed E-state index contributed by atoms with van der Waals surface area (Å²) in [6.07, 6.45) is 0. The predicted octanol–water partition coefficient (Wildman–Crippen LogP) is 1.45. The van der Waals surface area contributed by atoms with Crippen LogP contribution in [0.25, 0.3) is 0 Å². The maximum atomic E-state index is 11.9. The molecule has 0 aliphatic carbocycles. The Balaban J connectivity index is 3.09. The highest BCUT2D eigenvalue weighted by atomic mass is 79.9. The molecule has 0 spiro atoms. The Kier molecular flexibility index (Phi) is 4.90. The number of rotatable bonds is 4. The van der Waals surface area contributed by atoms with Gasteiger partial charge in [0.2, 0.25) is 10.0 Å². The first-order chi connectivity index (χ1) is 8.38. The highest BCUT2D eigenvalue weighted by Gasteiger charge is 2.18. The second kappa shape index (κ2) is 6.00. The van der Waals surface area contributed by atoms with E-state index in [1.807, 2.05) is 0 Å². The fourth-order valence-electron chi connectivity index (χ4n) is 1.15. The molecule has 0 amide bonds. The summed E-state index contributed by atoms with van der Waals surface area (Å²) in [6, 6.07) is 3.70. The molecule has 0 bridgehead atoms. The van der Waals surface area contributed by atoms with Crippen LogP contribution in [0, 0.1) is 11.8 Å². The number of benzene rings is 1. The molecular weight excluding hydrogens is 322 g/mol. The molecule has 0 atom stereocenters. The SMILES string of the molecule is CC#CCNS(=O)(=O)c1ccc(C(=O)O)cc1Br. The summed E-state index contributed by atoms with van der Waals surface area (Å²) in [6.45, 7) is 1.61. The van der Waals surface area contributed by atoms with E-state index in [2.05, 4.69) is 32.5 Å². The summed E-state index contributed by atoms with van der Waals surface area (Å²) in [4.78, 5) is 10.7. The van der Waals surface area contributed by atoms with E-state index < -0.39 is 16.0 Å². The van der Waals surface area contributed by atoms with E-state index in [0.29, 0.717) is 0 Å². The fraction of sp³-hybridized carbons (Fsp3) is 0.182. The average Bonchev–Trinajstić information content (AvgIpc) is 2.28. The zero-order valence-electron chi connectivity index (χ0n) is 9.40. The number of hydrogen-bond acceptors (Lipinski definition) is 3. The molecule has 0 aliphatic rings. The molecule has 0 fully saturated rings. The minimum absolute atomic E-state index is 0.00591. The van der Waals surface area contributed by atoms with Gasteiger partial charge in [0.15, 0.2) is 0 Å². The molecule has 0 unspecified atom stereocenters. The monoisotopic (exact) mass is 331 g/mol.